The first-order valence-corrected chi connectivity index (χ1v) is 9.39. The molecule has 22 heavy (non-hydrogen) atoms. The molecule has 6 heteroatoms. The molecule has 0 saturated carbocycles. The predicted molar refractivity (Wildman–Crippen MR) is 91.5 cm³/mol. The molecule has 120 valence electrons. The molecule has 0 bridgehead atoms. The minimum absolute atomic E-state index is 0.300. The van der Waals surface area contributed by atoms with E-state index in [-0.39, 0.29) is 0 Å². The van der Waals surface area contributed by atoms with Crippen LogP contribution in [0.5, 0.6) is 0 Å². The highest BCUT2D eigenvalue weighted by atomic mass is 32.2. The molecule has 0 amide bonds. The number of benzene rings is 1. The fourth-order valence-electron chi connectivity index (χ4n) is 2.19. The summed E-state index contributed by atoms with van der Waals surface area (Å²) in [5.74, 6) is 0. The third kappa shape index (κ3) is 3.76. The van der Waals surface area contributed by atoms with Gasteiger partial charge in [-0.2, -0.15) is 0 Å². The molecule has 4 nitrogen and oxygen atoms in total. The largest absolute Gasteiger partial charge is 0.295 e. The van der Waals surface area contributed by atoms with E-state index >= 15 is 0 Å². The van der Waals surface area contributed by atoms with Gasteiger partial charge < -0.3 is 0 Å². The molecule has 0 aliphatic rings. The van der Waals surface area contributed by atoms with Crippen LogP contribution in [0.2, 0.25) is 0 Å². The molecular weight excluding hydrogens is 316 g/mol. The molecule has 1 atom stereocenters. The van der Waals surface area contributed by atoms with Gasteiger partial charge in [0.1, 0.15) is 0 Å². The van der Waals surface area contributed by atoms with Crippen LogP contribution in [-0.2, 0) is 16.6 Å². The smallest absolute Gasteiger partial charge is 0.242 e. The van der Waals surface area contributed by atoms with Crippen LogP contribution in [0.4, 0.5) is 0 Å². The Hall–Kier alpha value is -1.21. The van der Waals surface area contributed by atoms with Gasteiger partial charge in [-0.05, 0) is 43.1 Å². The number of hydrogen-bond donors (Lipinski definition) is 0. The second-order valence-corrected chi connectivity index (χ2v) is 8.67. The van der Waals surface area contributed by atoms with Crippen LogP contribution in [0.3, 0.4) is 0 Å². The topological polar surface area (TPSA) is 40.6 Å². The van der Waals surface area contributed by atoms with Gasteiger partial charge in [-0.1, -0.05) is 18.2 Å². The quantitative estimate of drug-likeness (QED) is 0.812. The van der Waals surface area contributed by atoms with E-state index in [2.05, 4.69) is 36.4 Å². The maximum absolute atomic E-state index is 12.2. The zero-order chi connectivity index (χ0) is 16.3. The van der Waals surface area contributed by atoms with E-state index < -0.39 is 10.0 Å². The van der Waals surface area contributed by atoms with Crippen molar-refractivity contribution in [2.24, 2.45) is 0 Å². The Morgan fingerprint density at radius 2 is 1.86 bits per heavy atom. The summed E-state index contributed by atoms with van der Waals surface area (Å²) in [6.45, 7) is 2.86. The lowest BCUT2D eigenvalue weighted by molar-refractivity contribution is 0.256. The summed E-state index contributed by atoms with van der Waals surface area (Å²) in [6, 6.07) is 11.6. The molecule has 0 aliphatic carbocycles. The highest BCUT2D eigenvalue weighted by molar-refractivity contribution is 7.89. The lowest BCUT2D eigenvalue weighted by Crippen LogP contribution is -2.23. The molecule has 2 rings (SSSR count). The first-order chi connectivity index (χ1) is 10.3. The van der Waals surface area contributed by atoms with Crippen LogP contribution in [0.25, 0.3) is 0 Å². The Bertz CT molecular complexity index is 710. The molecule has 2 aromatic rings. The number of hydrogen-bond acceptors (Lipinski definition) is 4. The van der Waals surface area contributed by atoms with Crippen LogP contribution in [0.1, 0.15) is 23.4 Å². The summed E-state index contributed by atoms with van der Waals surface area (Å²) in [4.78, 5) is 3.86. The fraction of sp³-hybridized carbons (Fsp3) is 0.375. The number of thiophene rings is 1. The van der Waals surface area contributed by atoms with Crippen LogP contribution in [-0.4, -0.2) is 38.8 Å². The molecule has 0 fully saturated rings. The van der Waals surface area contributed by atoms with E-state index in [1.807, 2.05) is 6.07 Å². The molecule has 1 unspecified atom stereocenters. The zero-order valence-electron chi connectivity index (χ0n) is 13.4. The Morgan fingerprint density at radius 3 is 2.45 bits per heavy atom. The zero-order valence-corrected chi connectivity index (χ0v) is 15.0. The summed E-state index contributed by atoms with van der Waals surface area (Å²) in [5, 5.41) is 2.07. The van der Waals surface area contributed by atoms with E-state index in [9.17, 15) is 8.42 Å². The maximum atomic E-state index is 12.2. The van der Waals surface area contributed by atoms with Crippen molar-refractivity contribution in [1.82, 2.24) is 9.21 Å². The van der Waals surface area contributed by atoms with Crippen molar-refractivity contribution < 1.29 is 8.42 Å². The Kier molecular flexibility index (Phi) is 5.39. The second kappa shape index (κ2) is 6.91. The van der Waals surface area contributed by atoms with E-state index in [4.69, 9.17) is 0 Å². The monoisotopic (exact) mass is 338 g/mol. The molecule has 0 N–H and O–H groups in total. The minimum atomic E-state index is -3.38. The maximum Gasteiger partial charge on any atom is 0.242 e. The molecule has 1 heterocycles. The second-order valence-electron chi connectivity index (χ2n) is 5.54. The third-order valence-corrected chi connectivity index (χ3v) is 6.58. The summed E-state index contributed by atoms with van der Waals surface area (Å²) in [6.07, 6.45) is 0. The van der Waals surface area contributed by atoms with E-state index in [1.54, 1.807) is 43.6 Å². The SMILES string of the molecule is CC(c1cccs1)N(C)Cc1cccc(S(=O)(=O)N(C)C)c1. The molecule has 0 aliphatic heterocycles. The lowest BCUT2D eigenvalue weighted by atomic mass is 10.2. The molecule has 1 aromatic carbocycles. The van der Waals surface area contributed by atoms with Gasteiger partial charge in [-0.15, -0.1) is 11.3 Å². The van der Waals surface area contributed by atoms with Crippen molar-refractivity contribution in [3.05, 3.63) is 52.2 Å². The van der Waals surface area contributed by atoms with Crippen molar-refractivity contribution in [2.45, 2.75) is 24.4 Å². The van der Waals surface area contributed by atoms with Gasteiger partial charge >= 0.3 is 0 Å². The standard InChI is InChI=1S/C16H22N2O2S2/c1-13(16-9-6-10-21-16)18(4)12-14-7-5-8-15(11-14)22(19,20)17(2)3/h5-11,13H,12H2,1-4H3. The summed E-state index contributed by atoms with van der Waals surface area (Å²) in [5.41, 5.74) is 0.994. The van der Waals surface area contributed by atoms with Gasteiger partial charge in [-0.3, -0.25) is 4.90 Å². The predicted octanol–water partition coefficient (Wildman–Crippen LogP) is 3.19. The normalized spacial score (nSPS) is 13.7. The Morgan fingerprint density at radius 1 is 1.14 bits per heavy atom. The van der Waals surface area contributed by atoms with E-state index in [0.717, 1.165) is 5.56 Å². The average molecular weight is 338 g/mol. The van der Waals surface area contributed by atoms with Gasteiger partial charge in [0.25, 0.3) is 0 Å². The molecule has 1 aromatic heterocycles. The molecule has 0 radical (unpaired) electrons. The third-order valence-electron chi connectivity index (χ3n) is 3.73. The summed E-state index contributed by atoms with van der Waals surface area (Å²) >= 11 is 1.74. The minimum Gasteiger partial charge on any atom is -0.295 e. The van der Waals surface area contributed by atoms with Crippen molar-refractivity contribution >= 4 is 21.4 Å². The summed E-state index contributed by atoms with van der Waals surface area (Å²) < 4.78 is 25.6. The molecule has 0 spiro atoms. The van der Waals surface area contributed by atoms with Crippen LogP contribution >= 0.6 is 11.3 Å². The van der Waals surface area contributed by atoms with Crippen LogP contribution < -0.4 is 0 Å². The number of sulfonamides is 1. The van der Waals surface area contributed by atoms with Crippen molar-refractivity contribution in [3.8, 4) is 0 Å². The van der Waals surface area contributed by atoms with Gasteiger partial charge in [0, 0.05) is 31.6 Å². The van der Waals surface area contributed by atoms with Crippen molar-refractivity contribution in [1.29, 1.82) is 0 Å². The first-order valence-electron chi connectivity index (χ1n) is 7.07. The lowest BCUT2D eigenvalue weighted by Gasteiger charge is -2.24. The average Bonchev–Trinajstić information content (AvgIpc) is 3.00. The van der Waals surface area contributed by atoms with E-state index in [1.165, 1.54) is 9.18 Å². The fourth-order valence-corrected chi connectivity index (χ4v) is 4.01. The van der Waals surface area contributed by atoms with Crippen molar-refractivity contribution in [3.63, 3.8) is 0 Å². The van der Waals surface area contributed by atoms with E-state index in [0.29, 0.717) is 17.5 Å². The highest BCUT2D eigenvalue weighted by Gasteiger charge is 2.18. The highest BCUT2D eigenvalue weighted by Crippen LogP contribution is 2.25. The molecular formula is C16H22N2O2S2. The van der Waals surface area contributed by atoms with Gasteiger partial charge in [0.2, 0.25) is 10.0 Å². The van der Waals surface area contributed by atoms with Crippen LogP contribution in [0.15, 0.2) is 46.7 Å². The number of rotatable bonds is 6. The molecule has 0 saturated heterocycles. The Labute approximate surface area is 137 Å². The van der Waals surface area contributed by atoms with Crippen LogP contribution in [0, 0.1) is 0 Å². The first kappa shape index (κ1) is 17.1. The van der Waals surface area contributed by atoms with Crippen molar-refractivity contribution in [2.75, 3.05) is 21.1 Å². The van der Waals surface area contributed by atoms with Gasteiger partial charge in [0.05, 0.1) is 4.90 Å². The number of nitrogens with zero attached hydrogens (tertiary/aromatic N) is 2. The summed E-state index contributed by atoms with van der Waals surface area (Å²) in [7, 11) is 1.77. The Balaban J connectivity index is 2.17. The van der Waals surface area contributed by atoms with Gasteiger partial charge in [-0.25, -0.2) is 12.7 Å². The van der Waals surface area contributed by atoms with Gasteiger partial charge in [0.15, 0.2) is 0 Å².